The molecule has 0 saturated carbocycles. The van der Waals surface area contributed by atoms with E-state index in [9.17, 15) is 9.18 Å². The summed E-state index contributed by atoms with van der Waals surface area (Å²) < 4.78 is 25.1. The lowest BCUT2D eigenvalue weighted by Gasteiger charge is -2.32. The molecule has 184 valence electrons. The Morgan fingerprint density at radius 1 is 0.971 bits per heavy atom. The summed E-state index contributed by atoms with van der Waals surface area (Å²) in [4.78, 5) is 17.0. The number of carbonyl (C=O) groups excluding carboxylic acids is 1. The molecule has 8 heteroatoms. The molecular weight excluding hydrogens is 469 g/mol. The summed E-state index contributed by atoms with van der Waals surface area (Å²) in [6, 6.07) is 18.8. The number of rotatable bonds is 9. The Morgan fingerprint density at radius 2 is 1.66 bits per heavy atom. The Kier molecular flexibility index (Phi) is 8.58. The van der Waals surface area contributed by atoms with E-state index in [1.165, 1.54) is 12.1 Å². The minimum absolute atomic E-state index is 0.0957. The third kappa shape index (κ3) is 7.68. The van der Waals surface area contributed by atoms with E-state index in [2.05, 4.69) is 22.2 Å². The Labute approximate surface area is 210 Å². The van der Waals surface area contributed by atoms with Crippen LogP contribution in [0.15, 0.2) is 66.7 Å². The van der Waals surface area contributed by atoms with E-state index in [1.54, 1.807) is 30.3 Å². The highest BCUT2D eigenvalue weighted by Crippen LogP contribution is 2.29. The second kappa shape index (κ2) is 12.0. The summed E-state index contributed by atoms with van der Waals surface area (Å²) >= 11 is 5.91. The first-order valence-electron chi connectivity index (χ1n) is 11.6. The first-order chi connectivity index (χ1) is 16.9. The van der Waals surface area contributed by atoms with Crippen LogP contribution in [-0.4, -0.2) is 55.5 Å². The third-order valence-corrected chi connectivity index (χ3v) is 6.08. The van der Waals surface area contributed by atoms with Crippen molar-refractivity contribution in [3.63, 3.8) is 0 Å². The zero-order chi connectivity index (χ0) is 24.6. The van der Waals surface area contributed by atoms with Crippen molar-refractivity contribution in [3.05, 3.63) is 88.7 Å². The van der Waals surface area contributed by atoms with Crippen LogP contribution in [0, 0.1) is 5.82 Å². The topological polar surface area (TPSA) is 54.0 Å². The Balaban J connectivity index is 1.41. The van der Waals surface area contributed by atoms with Crippen molar-refractivity contribution >= 4 is 17.5 Å². The van der Waals surface area contributed by atoms with E-state index in [1.807, 2.05) is 24.3 Å². The normalized spacial score (nSPS) is 14.5. The second-order valence-electron chi connectivity index (χ2n) is 8.60. The number of hydrogen-bond acceptors (Lipinski definition) is 5. The van der Waals surface area contributed by atoms with Gasteiger partial charge in [-0.05, 0) is 67.2 Å². The summed E-state index contributed by atoms with van der Waals surface area (Å²) in [6.45, 7) is 4.86. The molecular formula is C27H29ClFN3O3. The Hall–Kier alpha value is -3.13. The maximum absolute atomic E-state index is 13.2. The Morgan fingerprint density at radius 3 is 2.37 bits per heavy atom. The van der Waals surface area contributed by atoms with Gasteiger partial charge < -0.3 is 19.7 Å². The van der Waals surface area contributed by atoms with Gasteiger partial charge in [0.05, 0.1) is 0 Å². The molecule has 0 bridgehead atoms. The molecule has 1 amide bonds. The molecule has 0 spiro atoms. The lowest BCUT2D eigenvalue weighted by molar-refractivity contribution is -0.123. The molecule has 3 aromatic rings. The lowest BCUT2D eigenvalue weighted by Crippen LogP contribution is -2.43. The van der Waals surface area contributed by atoms with Gasteiger partial charge in [0.2, 0.25) is 0 Å². The van der Waals surface area contributed by atoms with E-state index in [0.29, 0.717) is 35.4 Å². The number of likely N-dealkylation sites (N-methyl/N-ethyl adjacent to an activating group) is 1. The van der Waals surface area contributed by atoms with Crippen LogP contribution >= 0.6 is 11.6 Å². The highest BCUT2D eigenvalue weighted by Gasteiger charge is 2.17. The standard InChI is InChI=1S/C27H29ClFN3O3/c1-31-12-14-32(15-13-31)18-21-16-25(35-24-8-6-23(29)7-9-24)10-11-26(21)34-19-27(33)30-17-20-2-4-22(28)5-3-20/h2-11,16H,12-15,17-19H2,1H3,(H,30,33). The summed E-state index contributed by atoms with van der Waals surface area (Å²) in [7, 11) is 2.12. The van der Waals surface area contributed by atoms with Gasteiger partial charge in [0.25, 0.3) is 5.91 Å². The van der Waals surface area contributed by atoms with E-state index < -0.39 is 0 Å². The highest BCUT2D eigenvalue weighted by atomic mass is 35.5. The zero-order valence-corrected chi connectivity index (χ0v) is 20.4. The van der Waals surface area contributed by atoms with Gasteiger partial charge >= 0.3 is 0 Å². The third-order valence-electron chi connectivity index (χ3n) is 5.83. The zero-order valence-electron chi connectivity index (χ0n) is 19.7. The maximum atomic E-state index is 13.2. The Bertz CT molecular complexity index is 1120. The van der Waals surface area contributed by atoms with Gasteiger partial charge in [-0.1, -0.05) is 23.7 Å². The van der Waals surface area contributed by atoms with Crippen molar-refractivity contribution in [1.29, 1.82) is 0 Å². The van der Waals surface area contributed by atoms with Gasteiger partial charge in [0.15, 0.2) is 6.61 Å². The van der Waals surface area contributed by atoms with Crippen LogP contribution in [0.2, 0.25) is 5.02 Å². The van der Waals surface area contributed by atoms with Crippen LogP contribution < -0.4 is 14.8 Å². The van der Waals surface area contributed by atoms with Crippen LogP contribution in [0.3, 0.4) is 0 Å². The predicted octanol–water partition coefficient (Wildman–Crippen LogP) is 4.71. The lowest BCUT2D eigenvalue weighted by atomic mass is 10.1. The number of nitrogens with one attached hydrogen (secondary N) is 1. The number of halogens is 2. The fraction of sp³-hybridized carbons (Fsp3) is 0.296. The van der Waals surface area contributed by atoms with E-state index in [-0.39, 0.29) is 18.3 Å². The van der Waals surface area contributed by atoms with Gasteiger partial charge in [0.1, 0.15) is 23.1 Å². The average molecular weight is 498 g/mol. The molecule has 6 nitrogen and oxygen atoms in total. The summed E-state index contributed by atoms with van der Waals surface area (Å²) in [6.07, 6.45) is 0. The van der Waals surface area contributed by atoms with Crippen LogP contribution in [0.4, 0.5) is 4.39 Å². The van der Waals surface area contributed by atoms with Gasteiger partial charge in [0, 0.05) is 49.9 Å². The van der Waals surface area contributed by atoms with E-state index in [0.717, 1.165) is 37.3 Å². The number of ether oxygens (including phenoxy) is 2. The van der Waals surface area contributed by atoms with Gasteiger partial charge in [-0.25, -0.2) is 4.39 Å². The highest BCUT2D eigenvalue weighted by molar-refractivity contribution is 6.30. The number of piperazine rings is 1. The van der Waals surface area contributed by atoms with Crippen LogP contribution in [0.5, 0.6) is 17.2 Å². The number of carbonyl (C=O) groups is 1. The van der Waals surface area contributed by atoms with Crippen molar-refractivity contribution in [2.75, 3.05) is 39.8 Å². The van der Waals surface area contributed by atoms with Crippen molar-refractivity contribution in [2.45, 2.75) is 13.1 Å². The molecule has 0 atom stereocenters. The fourth-order valence-corrected chi connectivity index (χ4v) is 3.89. The monoisotopic (exact) mass is 497 g/mol. The molecule has 1 saturated heterocycles. The molecule has 1 fully saturated rings. The number of hydrogen-bond donors (Lipinski definition) is 1. The molecule has 1 aliphatic heterocycles. The van der Waals surface area contributed by atoms with Crippen molar-refractivity contribution < 1.29 is 18.7 Å². The summed E-state index contributed by atoms with van der Waals surface area (Å²) in [5.41, 5.74) is 1.89. The minimum atomic E-state index is -0.314. The number of amides is 1. The van der Waals surface area contributed by atoms with Gasteiger partial charge in [-0.3, -0.25) is 9.69 Å². The van der Waals surface area contributed by atoms with Crippen molar-refractivity contribution in [3.8, 4) is 17.2 Å². The first kappa shape index (κ1) is 25.0. The van der Waals surface area contributed by atoms with Crippen LogP contribution in [0.1, 0.15) is 11.1 Å². The van der Waals surface area contributed by atoms with Gasteiger partial charge in [-0.2, -0.15) is 0 Å². The molecule has 35 heavy (non-hydrogen) atoms. The SMILES string of the molecule is CN1CCN(Cc2cc(Oc3ccc(F)cc3)ccc2OCC(=O)NCc2ccc(Cl)cc2)CC1. The molecule has 1 aliphatic rings. The fourth-order valence-electron chi connectivity index (χ4n) is 3.77. The first-order valence-corrected chi connectivity index (χ1v) is 11.9. The molecule has 4 rings (SSSR count). The molecule has 0 radical (unpaired) electrons. The summed E-state index contributed by atoms with van der Waals surface area (Å²) in [5.74, 6) is 1.29. The van der Waals surface area contributed by atoms with E-state index in [4.69, 9.17) is 21.1 Å². The number of nitrogens with zero attached hydrogens (tertiary/aromatic N) is 2. The van der Waals surface area contributed by atoms with Gasteiger partial charge in [-0.15, -0.1) is 0 Å². The average Bonchev–Trinajstić information content (AvgIpc) is 2.86. The summed E-state index contributed by atoms with van der Waals surface area (Å²) in [5, 5.41) is 3.52. The number of benzene rings is 3. The van der Waals surface area contributed by atoms with Crippen LogP contribution in [0.25, 0.3) is 0 Å². The van der Waals surface area contributed by atoms with Crippen LogP contribution in [-0.2, 0) is 17.9 Å². The minimum Gasteiger partial charge on any atom is -0.483 e. The van der Waals surface area contributed by atoms with Crippen molar-refractivity contribution in [1.82, 2.24) is 15.1 Å². The predicted molar refractivity (Wildman–Crippen MR) is 134 cm³/mol. The largest absolute Gasteiger partial charge is 0.483 e. The molecule has 1 N–H and O–H groups in total. The smallest absolute Gasteiger partial charge is 0.258 e. The van der Waals surface area contributed by atoms with E-state index >= 15 is 0 Å². The second-order valence-corrected chi connectivity index (χ2v) is 9.03. The molecule has 0 unspecified atom stereocenters. The molecule has 0 aliphatic carbocycles. The van der Waals surface area contributed by atoms with Crippen molar-refractivity contribution in [2.24, 2.45) is 0 Å². The molecule has 1 heterocycles. The molecule has 0 aromatic heterocycles. The quantitative estimate of drug-likeness (QED) is 0.464. The maximum Gasteiger partial charge on any atom is 0.258 e. The molecule has 3 aromatic carbocycles.